The molecule has 0 aromatic heterocycles. The van der Waals surface area contributed by atoms with Gasteiger partial charge in [-0.2, -0.15) is 0 Å². The van der Waals surface area contributed by atoms with Gasteiger partial charge in [-0.05, 0) is 48.6 Å². The van der Waals surface area contributed by atoms with E-state index in [-0.39, 0.29) is 0 Å². The lowest BCUT2D eigenvalue weighted by Crippen LogP contribution is -1.97. The molecule has 3 nitrogen and oxygen atoms in total. The normalized spacial score (nSPS) is 10.3. The summed E-state index contributed by atoms with van der Waals surface area (Å²) in [5.41, 5.74) is 2.38. The summed E-state index contributed by atoms with van der Waals surface area (Å²) >= 11 is 0. The Morgan fingerprint density at radius 3 is 2.30 bits per heavy atom. The Morgan fingerprint density at radius 1 is 0.900 bits per heavy atom. The van der Waals surface area contributed by atoms with E-state index in [0.717, 1.165) is 36.3 Å². The number of aromatic hydroxyl groups is 1. The average molecular weight is 272 g/mol. The topological polar surface area (TPSA) is 38.7 Å². The standard InChI is InChI=1S/C17H20O3/c1-19-16-8-4-7-14(17(16)20-2)6-3-5-13-9-11-15(18)12-10-13/h4,7-12,18H,3,5-6H2,1-2H3. The van der Waals surface area contributed by atoms with Crippen LogP contribution in [-0.2, 0) is 12.8 Å². The molecule has 0 aliphatic carbocycles. The number of ether oxygens (including phenoxy) is 2. The molecule has 1 N–H and O–H groups in total. The molecule has 0 amide bonds. The van der Waals surface area contributed by atoms with Crippen molar-refractivity contribution in [1.29, 1.82) is 0 Å². The van der Waals surface area contributed by atoms with Crippen LogP contribution < -0.4 is 9.47 Å². The molecule has 0 aliphatic heterocycles. The molecule has 0 unspecified atom stereocenters. The zero-order valence-corrected chi connectivity index (χ0v) is 11.9. The minimum atomic E-state index is 0.309. The van der Waals surface area contributed by atoms with E-state index in [1.54, 1.807) is 26.4 Å². The number of benzene rings is 2. The maximum absolute atomic E-state index is 9.26. The maximum atomic E-state index is 9.26. The van der Waals surface area contributed by atoms with Gasteiger partial charge < -0.3 is 14.6 Å². The smallest absolute Gasteiger partial charge is 0.163 e. The lowest BCUT2D eigenvalue weighted by Gasteiger charge is -2.12. The van der Waals surface area contributed by atoms with Crippen LogP contribution in [0.2, 0.25) is 0 Å². The SMILES string of the molecule is COc1cccc(CCCc2ccc(O)cc2)c1OC. The van der Waals surface area contributed by atoms with Crippen LogP contribution in [0.3, 0.4) is 0 Å². The molecule has 2 rings (SSSR count). The Labute approximate surface area is 119 Å². The molecule has 0 atom stereocenters. The molecule has 0 spiro atoms. The number of phenols is 1. The van der Waals surface area contributed by atoms with Crippen molar-refractivity contribution in [1.82, 2.24) is 0 Å². The predicted molar refractivity (Wildman–Crippen MR) is 79.7 cm³/mol. The van der Waals surface area contributed by atoms with Crippen LogP contribution in [-0.4, -0.2) is 19.3 Å². The van der Waals surface area contributed by atoms with Gasteiger partial charge in [0, 0.05) is 0 Å². The molecule has 3 heteroatoms. The number of aryl methyl sites for hydroxylation is 2. The second-order valence-corrected chi connectivity index (χ2v) is 4.67. The van der Waals surface area contributed by atoms with Crippen molar-refractivity contribution >= 4 is 0 Å². The summed E-state index contributed by atoms with van der Waals surface area (Å²) in [6.07, 6.45) is 2.93. The van der Waals surface area contributed by atoms with Gasteiger partial charge in [0.05, 0.1) is 14.2 Å². The van der Waals surface area contributed by atoms with Crippen molar-refractivity contribution < 1.29 is 14.6 Å². The van der Waals surface area contributed by atoms with Crippen LogP contribution in [0.25, 0.3) is 0 Å². The highest BCUT2D eigenvalue weighted by atomic mass is 16.5. The molecule has 20 heavy (non-hydrogen) atoms. The zero-order valence-electron chi connectivity index (χ0n) is 11.9. The minimum Gasteiger partial charge on any atom is -0.508 e. The van der Waals surface area contributed by atoms with Crippen LogP contribution in [0.15, 0.2) is 42.5 Å². The third kappa shape index (κ3) is 3.44. The molecule has 106 valence electrons. The van der Waals surface area contributed by atoms with Gasteiger partial charge >= 0.3 is 0 Å². The first-order valence-corrected chi connectivity index (χ1v) is 6.72. The quantitative estimate of drug-likeness (QED) is 0.873. The Hall–Kier alpha value is -2.16. The first kappa shape index (κ1) is 14.3. The van der Waals surface area contributed by atoms with Crippen molar-refractivity contribution in [3.63, 3.8) is 0 Å². The van der Waals surface area contributed by atoms with Crippen molar-refractivity contribution in [3.8, 4) is 17.2 Å². The zero-order chi connectivity index (χ0) is 14.4. The van der Waals surface area contributed by atoms with E-state index in [1.807, 2.05) is 24.3 Å². The largest absolute Gasteiger partial charge is 0.508 e. The number of methoxy groups -OCH3 is 2. The molecular formula is C17H20O3. The van der Waals surface area contributed by atoms with E-state index < -0.39 is 0 Å². The fraction of sp³-hybridized carbons (Fsp3) is 0.294. The van der Waals surface area contributed by atoms with Gasteiger partial charge in [0.2, 0.25) is 0 Å². The first-order chi connectivity index (χ1) is 9.74. The van der Waals surface area contributed by atoms with Crippen molar-refractivity contribution in [2.24, 2.45) is 0 Å². The summed E-state index contributed by atoms with van der Waals surface area (Å²) in [6.45, 7) is 0. The summed E-state index contributed by atoms with van der Waals surface area (Å²) in [5, 5.41) is 9.26. The predicted octanol–water partition coefficient (Wildman–Crippen LogP) is 3.58. The summed E-state index contributed by atoms with van der Waals surface area (Å²) in [6, 6.07) is 13.3. The summed E-state index contributed by atoms with van der Waals surface area (Å²) in [4.78, 5) is 0. The van der Waals surface area contributed by atoms with E-state index in [4.69, 9.17) is 9.47 Å². The highest BCUT2D eigenvalue weighted by Gasteiger charge is 2.08. The Bertz CT molecular complexity index is 547. The molecule has 0 saturated heterocycles. The summed E-state index contributed by atoms with van der Waals surface area (Å²) < 4.78 is 10.7. The molecule has 2 aromatic rings. The third-order valence-corrected chi connectivity index (χ3v) is 3.33. The van der Waals surface area contributed by atoms with Gasteiger partial charge in [0.25, 0.3) is 0 Å². The second-order valence-electron chi connectivity index (χ2n) is 4.67. The Kier molecular flexibility index (Phi) is 4.88. The van der Waals surface area contributed by atoms with Gasteiger partial charge in [-0.1, -0.05) is 24.3 Å². The van der Waals surface area contributed by atoms with Crippen LogP contribution in [0, 0.1) is 0 Å². The number of hydrogen-bond donors (Lipinski definition) is 1. The van der Waals surface area contributed by atoms with Gasteiger partial charge in [0.1, 0.15) is 5.75 Å². The van der Waals surface area contributed by atoms with E-state index >= 15 is 0 Å². The number of phenolic OH excluding ortho intramolecular Hbond substituents is 1. The molecule has 0 radical (unpaired) electrons. The highest BCUT2D eigenvalue weighted by molar-refractivity contribution is 5.46. The molecule has 0 saturated carbocycles. The fourth-order valence-corrected chi connectivity index (χ4v) is 2.30. The number of rotatable bonds is 6. The van der Waals surface area contributed by atoms with Crippen molar-refractivity contribution in [2.75, 3.05) is 14.2 Å². The van der Waals surface area contributed by atoms with E-state index in [9.17, 15) is 5.11 Å². The lowest BCUT2D eigenvalue weighted by molar-refractivity contribution is 0.351. The third-order valence-electron chi connectivity index (χ3n) is 3.33. The monoisotopic (exact) mass is 272 g/mol. The van der Waals surface area contributed by atoms with Crippen LogP contribution >= 0.6 is 0 Å². The average Bonchev–Trinajstić information content (AvgIpc) is 2.49. The van der Waals surface area contributed by atoms with Gasteiger partial charge in [-0.25, -0.2) is 0 Å². The van der Waals surface area contributed by atoms with Gasteiger partial charge in [-0.15, -0.1) is 0 Å². The Morgan fingerprint density at radius 2 is 1.65 bits per heavy atom. The van der Waals surface area contributed by atoms with E-state index in [0.29, 0.717) is 5.75 Å². The summed E-state index contributed by atoms with van der Waals surface area (Å²) in [5.74, 6) is 1.90. The molecule has 0 bridgehead atoms. The van der Waals surface area contributed by atoms with Gasteiger partial charge in [-0.3, -0.25) is 0 Å². The molecular weight excluding hydrogens is 252 g/mol. The Balaban J connectivity index is 1.98. The molecule has 0 heterocycles. The minimum absolute atomic E-state index is 0.309. The fourth-order valence-electron chi connectivity index (χ4n) is 2.30. The lowest BCUT2D eigenvalue weighted by atomic mass is 10.0. The van der Waals surface area contributed by atoms with Gasteiger partial charge in [0.15, 0.2) is 11.5 Å². The number of para-hydroxylation sites is 1. The van der Waals surface area contributed by atoms with Crippen molar-refractivity contribution in [3.05, 3.63) is 53.6 Å². The van der Waals surface area contributed by atoms with E-state index in [2.05, 4.69) is 6.07 Å². The van der Waals surface area contributed by atoms with Crippen LogP contribution in [0.4, 0.5) is 0 Å². The summed E-state index contributed by atoms with van der Waals surface area (Å²) in [7, 11) is 3.32. The van der Waals surface area contributed by atoms with Crippen LogP contribution in [0.1, 0.15) is 17.5 Å². The van der Waals surface area contributed by atoms with Crippen molar-refractivity contribution in [2.45, 2.75) is 19.3 Å². The molecule has 0 aliphatic rings. The van der Waals surface area contributed by atoms with Crippen LogP contribution in [0.5, 0.6) is 17.2 Å². The molecule has 0 fully saturated rings. The highest BCUT2D eigenvalue weighted by Crippen LogP contribution is 2.31. The van der Waals surface area contributed by atoms with E-state index in [1.165, 1.54) is 5.56 Å². The maximum Gasteiger partial charge on any atom is 0.163 e. The molecule has 2 aromatic carbocycles. The number of hydrogen-bond acceptors (Lipinski definition) is 3. The second kappa shape index (κ2) is 6.85. The first-order valence-electron chi connectivity index (χ1n) is 6.72.